The van der Waals surface area contributed by atoms with E-state index in [1.807, 2.05) is 35.7 Å². The molecule has 0 bridgehead atoms. The molecule has 0 unspecified atom stereocenters. The van der Waals surface area contributed by atoms with Crippen molar-refractivity contribution in [2.45, 2.75) is 13.2 Å². The molecule has 3 aromatic rings. The molecule has 0 saturated heterocycles. The molecule has 0 fully saturated rings. The van der Waals surface area contributed by atoms with Crippen molar-refractivity contribution < 1.29 is 4.74 Å². The van der Waals surface area contributed by atoms with Crippen molar-refractivity contribution in [3.63, 3.8) is 0 Å². The van der Waals surface area contributed by atoms with Gasteiger partial charge in [0.15, 0.2) is 0 Å². The first-order chi connectivity index (χ1) is 9.36. The monoisotopic (exact) mass is 271 g/mol. The first-order valence-electron chi connectivity index (χ1n) is 5.97. The number of nitrogens with two attached hydrogens (primary N) is 1. The van der Waals surface area contributed by atoms with Crippen molar-refractivity contribution in [2.24, 2.45) is 5.73 Å². The van der Waals surface area contributed by atoms with E-state index in [1.54, 1.807) is 17.5 Å². The van der Waals surface area contributed by atoms with Crippen LogP contribution in [0.15, 0.2) is 41.9 Å². The van der Waals surface area contributed by atoms with Crippen molar-refractivity contribution >= 4 is 22.2 Å². The van der Waals surface area contributed by atoms with Crippen LogP contribution in [-0.2, 0) is 13.2 Å². The third-order valence-corrected chi connectivity index (χ3v) is 3.68. The number of ether oxygens (including phenoxy) is 1. The molecular weight excluding hydrogens is 258 g/mol. The number of pyridine rings is 1. The summed E-state index contributed by atoms with van der Waals surface area (Å²) in [5, 5.41) is 3.92. The molecule has 0 amide bonds. The van der Waals surface area contributed by atoms with Crippen LogP contribution < -0.4 is 10.5 Å². The van der Waals surface area contributed by atoms with Crippen molar-refractivity contribution in [2.75, 3.05) is 0 Å². The number of thiazole rings is 1. The number of hydrogen-bond acceptors (Lipinski definition) is 5. The van der Waals surface area contributed by atoms with Crippen LogP contribution in [0.3, 0.4) is 0 Å². The second-order valence-corrected chi connectivity index (χ2v) is 4.99. The highest BCUT2D eigenvalue weighted by Crippen LogP contribution is 2.24. The van der Waals surface area contributed by atoms with Gasteiger partial charge in [-0.15, -0.1) is 11.3 Å². The van der Waals surface area contributed by atoms with E-state index in [9.17, 15) is 0 Å². The van der Waals surface area contributed by atoms with E-state index < -0.39 is 0 Å². The van der Waals surface area contributed by atoms with Gasteiger partial charge in [0.1, 0.15) is 17.4 Å². The van der Waals surface area contributed by atoms with E-state index in [0.717, 1.165) is 27.4 Å². The highest BCUT2D eigenvalue weighted by Gasteiger charge is 2.05. The van der Waals surface area contributed by atoms with Gasteiger partial charge in [0.25, 0.3) is 0 Å². The van der Waals surface area contributed by atoms with Gasteiger partial charge in [-0.2, -0.15) is 0 Å². The molecule has 2 aromatic heterocycles. The van der Waals surface area contributed by atoms with Gasteiger partial charge in [-0.25, -0.2) is 4.98 Å². The molecule has 0 saturated carbocycles. The lowest BCUT2D eigenvalue weighted by atomic mass is 10.2. The molecule has 0 aliphatic rings. The lowest BCUT2D eigenvalue weighted by Gasteiger charge is -2.07. The first-order valence-corrected chi connectivity index (χ1v) is 6.84. The fraction of sp³-hybridized carbons (Fsp3) is 0.143. The van der Waals surface area contributed by atoms with E-state index in [2.05, 4.69) is 9.97 Å². The van der Waals surface area contributed by atoms with Crippen LogP contribution in [0.2, 0.25) is 0 Å². The molecule has 2 heterocycles. The van der Waals surface area contributed by atoms with Crippen LogP contribution in [0, 0.1) is 0 Å². The van der Waals surface area contributed by atoms with Gasteiger partial charge < -0.3 is 10.5 Å². The van der Waals surface area contributed by atoms with Crippen LogP contribution in [0.4, 0.5) is 0 Å². The van der Waals surface area contributed by atoms with Gasteiger partial charge in [0.05, 0.1) is 11.2 Å². The summed E-state index contributed by atoms with van der Waals surface area (Å²) in [5.41, 5.74) is 7.38. The van der Waals surface area contributed by atoms with Crippen LogP contribution in [-0.4, -0.2) is 9.97 Å². The van der Waals surface area contributed by atoms with Crippen molar-refractivity contribution in [1.29, 1.82) is 0 Å². The Morgan fingerprint density at radius 1 is 1.21 bits per heavy atom. The number of nitrogens with zero attached hydrogens (tertiary/aromatic N) is 2. The zero-order valence-corrected chi connectivity index (χ0v) is 11.1. The standard InChI is InChI=1S/C14H13N3OS/c15-7-14-17-10(9-19-14)8-18-13-5-1-4-12-11(13)3-2-6-16-12/h1-6,9H,7-8,15H2. The van der Waals surface area contributed by atoms with Gasteiger partial charge in [-0.05, 0) is 24.3 Å². The molecule has 0 spiro atoms. The van der Waals surface area contributed by atoms with Gasteiger partial charge in [0.2, 0.25) is 0 Å². The SMILES string of the molecule is NCc1nc(COc2cccc3ncccc23)cs1. The molecule has 0 radical (unpaired) electrons. The Morgan fingerprint density at radius 2 is 2.16 bits per heavy atom. The molecular formula is C14H13N3OS. The summed E-state index contributed by atoms with van der Waals surface area (Å²) in [4.78, 5) is 8.68. The summed E-state index contributed by atoms with van der Waals surface area (Å²) in [7, 11) is 0. The topological polar surface area (TPSA) is 61.0 Å². The van der Waals surface area contributed by atoms with E-state index in [0.29, 0.717) is 13.2 Å². The maximum absolute atomic E-state index is 5.83. The lowest BCUT2D eigenvalue weighted by Crippen LogP contribution is -1.99. The van der Waals surface area contributed by atoms with Gasteiger partial charge in [-0.1, -0.05) is 6.07 Å². The quantitative estimate of drug-likeness (QED) is 0.792. The van der Waals surface area contributed by atoms with Crippen LogP contribution >= 0.6 is 11.3 Å². The third kappa shape index (κ3) is 2.57. The Hall–Kier alpha value is -1.98. The highest BCUT2D eigenvalue weighted by atomic mass is 32.1. The average Bonchev–Trinajstić information content (AvgIpc) is 2.93. The summed E-state index contributed by atoms with van der Waals surface area (Å²) in [5.74, 6) is 0.827. The van der Waals surface area contributed by atoms with Crippen molar-refractivity contribution in [3.05, 3.63) is 52.6 Å². The van der Waals surface area contributed by atoms with Crippen LogP contribution in [0.1, 0.15) is 10.7 Å². The molecule has 0 atom stereocenters. The summed E-state index contributed by atoms with van der Waals surface area (Å²) in [6, 6.07) is 9.77. The molecule has 0 aliphatic carbocycles. The van der Waals surface area contributed by atoms with Crippen LogP contribution in [0.25, 0.3) is 10.9 Å². The first kappa shape index (κ1) is 12.1. The maximum Gasteiger partial charge on any atom is 0.131 e. The largest absolute Gasteiger partial charge is 0.487 e. The van der Waals surface area contributed by atoms with E-state index >= 15 is 0 Å². The second kappa shape index (κ2) is 5.34. The number of aromatic nitrogens is 2. The van der Waals surface area contributed by atoms with Crippen LogP contribution in [0.5, 0.6) is 5.75 Å². The Balaban J connectivity index is 1.81. The Bertz CT molecular complexity index is 690. The van der Waals surface area contributed by atoms with Gasteiger partial charge in [0, 0.05) is 23.5 Å². The minimum absolute atomic E-state index is 0.449. The molecule has 5 heteroatoms. The third-order valence-electron chi connectivity index (χ3n) is 2.76. The Labute approximate surface area is 114 Å². The summed E-state index contributed by atoms with van der Waals surface area (Å²) >= 11 is 1.56. The number of hydrogen-bond donors (Lipinski definition) is 1. The average molecular weight is 271 g/mol. The predicted octanol–water partition coefficient (Wildman–Crippen LogP) is 2.73. The number of fused-ring (bicyclic) bond motifs is 1. The Morgan fingerprint density at radius 3 is 3.00 bits per heavy atom. The van der Waals surface area contributed by atoms with E-state index in [4.69, 9.17) is 10.5 Å². The van der Waals surface area contributed by atoms with Crippen molar-refractivity contribution in [1.82, 2.24) is 9.97 Å². The fourth-order valence-electron chi connectivity index (χ4n) is 1.86. The highest BCUT2D eigenvalue weighted by molar-refractivity contribution is 7.09. The zero-order chi connectivity index (χ0) is 13.1. The minimum Gasteiger partial charge on any atom is -0.487 e. The molecule has 2 N–H and O–H groups in total. The number of rotatable bonds is 4. The fourth-order valence-corrected chi connectivity index (χ4v) is 2.52. The van der Waals surface area contributed by atoms with Gasteiger partial charge >= 0.3 is 0 Å². The maximum atomic E-state index is 5.83. The number of benzene rings is 1. The summed E-state index contributed by atoms with van der Waals surface area (Å²) < 4.78 is 5.83. The smallest absolute Gasteiger partial charge is 0.131 e. The zero-order valence-electron chi connectivity index (χ0n) is 10.2. The normalized spacial score (nSPS) is 10.8. The molecule has 1 aromatic carbocycles. The second-order valence-electron chi connectivity index (χ2n) is 4.05. The predicted molar refractivity (Wildman–Crippen MR) is 76.1 cm³/mol. The molecule has 4 nitrogen and oxygen atoms in total. The summed E-state index contributed by atoms with van der Waals surface area (Å²) in [6.45, 7) is 0.924. The minimum atomic E-state index is 0.449. The Kier molecular flexibility index (Phi) is 3.39. The lowest BCUT2D eigenvalue weighted by molar-refractivity contribution is 0.305. The molecule has 19 heavy (non-hydrogen) atoms. The molecule has 0 aliphatic heterocycles. The van der Waals surface area contributed by atoms with Gasteiger partial charge in [-0.3, -0.25) is 4.98 Å². The van der Waals surface area contributed by atoms with E-state index in [-0.39, 0.29) is 0 Å². The summed E-state index contributed by atoms with van der Waals surface area (Å²) in [6.07, 6.45) is 1.78. The van der Waals surface area contributed by atoms with Crippen molar-refractivity contribution in [3.8, 4) is 5.75 Å². The van der Waals surface area contributed by atoms with E-state index in [1.165, 1.54) is 0 Å². The molecule has 96 valence electrons. The molecule has 3 rings (SSSR count).